The fraction of sp³-hybridized carbons (Fsp3) is 0.857. The summed E-state index contributed by atoms with van der Waals surface area (Å²) < 4.78 is 5.14. The lowest BCUT2D eigenvalue weighted by Gasteiger charge is -2.14. The number of likely N-dealkylation sites (N-methyl/N-ethyl adjacent to an activating group) is 1. The van der Waals surface area contributed by atoms with Gasteiger partial charge in [0.05, 0.1) is 13.3 Å². The number of hydrogen-bond donors (Lipinski definition) is 0. The number of Topliss-reactive ketones (excluding diaryl/α,β-unsaturated/α-hetero) is 1. The van der Waals surface area contributed by atoms with E-state index in [1.807, 2.05) is 7.05 Å². The molecule has 1 heterocycles. The molecule has 1 fully saturated rings. The summed E-state index contributed by atoms with van der Waals surface area (Å²) in [6.45, 7) is 2.99. The van der Waals surface area contributed by atoms with E-state index in [1.165, 1.54) is 0 Å². The third kappa shape index (κ3) is 1.78. The van der Waals surface area contributed by atoms with E-state index in [2.05, 4.69) is 4.90 Å². The smallest absolute Gasteiger partial charge is 0.131 e. The van der Waals surface area contributed by atoms with Crippen LogP contribution in [-0.2, 0) is 9.53 Å². The van der Waals surface area contributed by atoms with Crippen molar-refractivity contribution in [3.63, 3.8) is 0 Å². The van der Waals surface area contributed by atoms with E-state index in [0.717, 1.165) is 0 Å². The molecule has 1 atom stereocenters. The van der Waals surface area contributed by atoms with E-state index in [0.29, 0.717) is 25.8 Å². The summed E-state index contributed by atoms with van der Waals surface area (Å²) in [7, 11) is 1.97. The standard InChI is InChI=1S/C7H13NO2/c1-6(9)3-7-4-10-5-8(7)2/h7H,3-5H2,1-2H3. The molecular weight excluding hydrogens is 130 g/mol. The van der Waals surface area contributed by atoms with Crippen molar-refractivity contribution in [1.29, 1.82) is 0 Å². The molecule has 1 unspecified atom stereocenters. The second-order valence-electron chi connectivity index (χ2n) is 2.82. The quantitative estimate of drug-likeness (QED) is 0.555. The van der Waals surface area contributed by atoms with Gasteiger partial charge in [0.25, 0.3) is 0 Å². The van der Waals surface area contributed by atoms with Crippen molar-refractivity contribution >= 4 is 5.78 Å². The molecule has 3 heteroatoms. The first-order chi connectivity index (χ1) is 4.70. The van der Waals surface area contributed by atoms with Crippen molar-refractivity contribution in [2.45, 2.75) is 19.4 Å². The van der Waals surface area contributed by atoms with Gasteiger partial charge in [-0.15, -0.1) is 0 Å². The Balaban J connectivity index is 2.33. The Morgan fingerprint density at radius 1 is 1.80 bits per heavy atom. The molecule has 0 aromatic carbocycles. The molecule has 0 aliphatic carbocycles. The Labute approximate surface area is 61.0 Å². The van der Waals surface area contributed by atoms with Crippen LogP contribution < -0.4 is 0 Å². The maximum Gasteiger partial charge on any atom is 0.131 e. The topological polar surface area (TPSA) is 29.5 Å². The number of carbonyl (C=O) groups excluding carboxylic acids is 1. The SMILES string of the molecule is CC(=O)CC1COCN1C. The van der Waals surface area contributed by atoms with Crippen LogP contribution in [0.4, 0.5) is 0 Å². The maximum atomic E-state index is 10.7. The summed E-state index contributed by atoms with van der Waals surface area (Å²) in [5.41, 5.74) is 0. The molecule has 0 radical (unpaired) electrons. The summed E-state index contributed by atoms with van der Waals surface area (Å²) in [5.74, 6) is 0.238. The van der Waals surface area contributed by atoms with Crippen LogP contribution >= 0.6 is 0 Å². The van der Waals surface area contributed by atoms with Gasteiger partial charge < -0.3 is 4.74 Å². The van der Waals surface area contributed by atoms with Crippen LogP contribution in [0.2, 0.25) is 0 Å². The summed E-state index contributed by atoms with van der Waals surface area (Å²) in [5, 5.41) is 0. The Morgan fingerprint density at radius 3 is 2.90 bits per heavy atom. The molecule has 58 valence electrons. The molecule has 3 nitrogen and oxygen atoms in total. The van der Waals surface area contributed by atoms with Gasteiger partial charge in [-0.05, 0) is 14.0 Å². The van der Waals surface area contributed by atoms with Crippen molar-refractivity contribution in [3.8, 4) is 0 Å². The van der Waals surface area contributed by atoms with Gasteiger partial charge in [-0.2, -0.15) is 0 Å². The van der Waals surface area contributed by atoms with E-state index in [9.17, 15) is 4.79 Å². The number of ketones is 1. The monoisotopic (exact) mass is 143 g/mol. The highest BCUT2D eigenvalue weighted by atomic mass is 16.5. The largest absolute Gasteiger partial charge is 0.364 e. The average Bonchev–Trinajstić information content (AvgIpc) is 2.15. The normalized spacial score (nSPS) is 27.2. The van der Waals surface area contributed by atoms with Crippen molar-refractivity contribution in [1.82, 2.24) is 4.90 Å². The van der Waals surface area contributed by atoms with Crippen LogP contribution in [0.15, 0.2) is 0 Å². The Morgan fingerprint density at radius 2 is 2.50 bits per heavy atom. The fourth-order valence-electron chi connectivity index (χ4n) is 1.11. The van der Waals surface area contributed by atoms with Crippen LogP contribution in [0.25, 0.3) is 0 Å². The molecule has 1 aliphatic rings. The van der Waals surface area contributed by atoms with Gasteiger partial charge in [-0.1, -0.05) is 0 Å². The maximum absolute atomic E-state index is 10.7. The van der Waals surface area contributed by atoms with Crippen molar-refractivity contribution in [2.24, 2.45) is 0 Å². The van der Waals surface area contributed by atoms with E-state index < -0.39 is 0 Å². The van der Waals surface area contributed by atoms with Gasteiger partial charge in [0.2, 0.25) is 0 Å². The minimum Gasteiger partial charge on any atom is -0.364 e. The second-order valence-corrected chi connectivity index (χ2v) is 2.82. The zero-order valence-electron chi connectivity index (χ0n) is 6.46. The summed E-state index contributed by atoms with van der Waals surface area (Å²) >= 11 is 0. The van der Waals surface area contributed by atoms with Crippen LogP contribution in [0.5, 0.6) is 0 Å². The number of carbonyl (C=O) groups is 1. The number of hydrogen-bond acceptors (Lipinski definition) is 3. The first kappa shape index (κ1) is 7.69. The Bertz CT molecular complexity index is 136. The van der Waals surface area contributed by atoms with Crippen LogP contribution in [0.1, 0.15) is 13.3 Å². The van der Waals surface area contributed by atoms with Crippen LogP contribution in [0.3, 0.4) is 0 Å². The minimum absolute atomic E-state index is 0.238. The lowest BCUT2D eigenvalue weighted by atomic mass is 10.1. The average molecular weight is 143 g/mol. The Hall–Kier alpha value is -0.410. The molecule has 0 N–H and O–H groups in total. The van der Waals surface area contributed by atoms with Gasteiger partial charge in [-0.3, -0.25) is 9.69 Å². The second kappa shape index (κ2) is 3.12. The van der Waals surface area contributed by atoms with Gasteiger partial charge in [0.1, 0.15) is 5.78 Å². The highest BCUT2D eigenvalue weighted by molar-refractivity contribution is 5.76. The molecule has 0 saturated carbocycles. The van der Waals surface area contributed by atoms with Gasteiger partial charge in [0.15, 0.2) is 0 Å². The zero-order valence-corrected chi connectivity index (χ0v) is 6.46. The highest BCUT2D eigenvalue weighted by Gasteiger charge is 2.22. The highest BCUT2D eigenvalue weighted by Crippen LogP contribution is 2.09. The van der Waals surface area contributed by atoms with Crippen LogP contribution in [0, 0.1) is 0 Å². The fourth-order valence-corrected chi connectivity index (χ4v) is 1.11. The molecule has 1 aliphatic heterocycles. The molecule has 0 aromatic rings. The lowest BCUT2D eigenvalue weighted by molar-refractivity contribution is -0.117. The van der Waals surface area contributed by atoms with Gasteiger partial charge >= 0.3 is 0 Å². The molecule has 0 bridgehead atoms. The predicted octanol–water partition coefficient (Wildman–Crippen LogP) is 0.254. The Kier molecular flexibility index (Phi) is 2.40. The van der Waals surface area contributed by atoms with Crippen LogP contribution in [-0.4, -0.2) is 37.1 Å². The van der Waals surface area contributed by atoms with E-state index in [-0.39, 0.29) is 5.78 Å². The molecular formula is C7H13NO2. The van der Waals surface area contributed by atoms with Crippen molar-refractivity contribution in [3.05, 3.63) is 0 Å². The first-order valence-corrected chi connectivity index (χ1v) is 3.47. The predicted molar refractivity (Wildman–Crippen MR) is 37.7 cm³/mol. The summed E-state index contributed by atoms with van der Waals surface area (Å²) in [6, 6.07) is 0.317. The molecule has 1 rings (SSSR count). The third-order valence-corrected chi connectivity index (χ3v) is 1.75. The van der Waals surface area contributed by atoms with Crippen molar-refractivity contribution < 1.29 is 9.53 Å². The molecule has 0 amide bonds. The van der Waals surface area contributed by atoms with Gasteiger partial charge in [0, 0.05) is 12.5 Å². The number of rotatable bonds is 2. The number of ether oxygens (including phenoxy) is 1. The van der Waals surface area contributed by atoms with E-state index >= 15 is 0 Å². The molecule has 1 saturated heterocycles. The van der Waals surface area contributed by atoms with E-state index in [1.54, 1.807) is 6.92 Å². The zero-order chi connectivity index (χ0) is 7.56. The molecule has 0 spiro atoms. The third-order valence-electron chi connectivity index (χ3n) is 1.75. The number of nitrogens with zero attached hydrogens (tertiary/aromatic N) is 1. The molecule has 10 heavy (non-hydrogen) atoms. The molecule has 0 aromatic heterocycles. The van der Waals surface area contributed by atoms with Crippen molar-refractivity contribution in [2.75, 3.05) is 20.4 Å². The first-order valence-electron chi connectivity index (χ1n) is 3.47. The minimum atomic E-state index is 0.238. The summed E-state index contributed by atoms with van der Waals surface area (Å²) in [6.07, 6.45) is 0.622. The van der Waals surface area contributed by atoms with Gasteiger partial charge in [-0.25, -0.2) is 0 Å². The van der Waals surface area contributed by atoms with E-state index in [4.69, 9.17) is 4.74 Å². The lowest BCUT2D eigenvalue weighted by Crippen LogP contribution is -2.28. The summed E-state index contributed by atoms with van der Waals surface area (Å²) in [4.78, 5) is 12.7.